The molecule has 0 radical (unpaired) electrons. The fourth-order valence-electron chi connectivity index (χ4n) is 2.88. The highest BCUT2D eigenvalue weighted by atomic mass is 32.1. The number of nitrogens with one attached hydrogen (secondary N) is 1. The largest absolute Gasteiger partial charge is 0.349 e. The number of rotatable bonds is 2. The molecule has 2 aromatic rings. The van der Waals surface area contributed by atoms with Gasteiger partial charge in [0.05, 0.1) is 18.1 Å². The molecule has 0 aliphatic carbocycles. The summed E-state index contributed by atoms with van der Waals surface area (Å²) in [5.74, 6) is 1.02. The lowest BCUT2D eigenvalue weighted by molar-refractivity contribution is 0.576. The van der Waals surface area contributed by atoms with Crippen LogP contribution in [0.5, 0.6) is 0 Å². The van der Waals surface area contributed by atoms with Gasteiger partial charge in [-0.3, -0.25) is 4.98 Å². The summed E-state index contributed by atoms with van der Waals surface area (Å²) < 4.78 is 0. The van der Waals surface area contributed by atoms with Gasteiger partial charge in [-0.2, -0.15) is 11.3 Å². The molecule has 2 fully saturated rings. The Morgan fingerprint density at radius 3 is 3.11 bits per heavy atom. The number of nitrogens with zero attached hydrogens (tertiary/aromatic N) is 3. The molecule has 2 atom stereocenters. The van der Waals surface area contributed by atoms with Crippen LogP contribution in [-0.2, 0) is 0 Å². The van der Waals surface area contributed by atoms with Crippen LogP contribution in [0.2, 0.25) is 0 Å². The molecular weight excluding hydrogens is 244 g/mol. The molecule has 4 nitrogen and oxygen atoms in total. The van der Waals surface area contributed by atoms with E-state index < -0.39 is 0 Å². The zero-order valence-electron chi connectivity index (χ0n) is 9.91. The molecule has 18 heavy (non-hydrogen) atoms. The lowest BCUT2D eigenvalue weighted by Gasteiger charge is -2.28. The fourth-order valence-corrected chi connectivity index (χ4v) is 3.53. The molecule has 0 amide bonds. The summed E-state index contributed by atoms with van der Waals surface area (Å²) in [6.07, 6.45) is 4.97. The minimum atomic E-state index is 0.599. The van der Waals surface area contributed by atoms with Crippen LogP contribution >= 0.6 is 11.3 Å². The maximum absolute atomic E-state index is 4.76. The zero-order chi connectivity index (χ0) is 11.9. The van der Waals surface area contributed by atoms with E-state index >= 15 is 0 Å². The summed E-state index contributed by atoms with van der Waals surface area (Å²) in [5.41, 5.74) is 2.14. The Kier molecular flexibility index (Phi) is 2.34. The summed E-state index contributed by atoms with van der Waals surface area (Å²) in [6.45, 7) is 2.14. The lowest BCUT2D eigenvalue weighted by atomic mass is 10.2. The van der Waals surface area contributed by atoms with Gasteiger partial charge in [-0.25, -0.2) is 4.98 Å². The second-order valence-electron chi connectivity index (χ2n) is 4.92. The van der Waals surface area contributed by atoms with E-state index in [1.54, 1.807) is 11.3 Å². The van der Waals surface area contributed by atoms with Crippen molar-refractivity contribution in [1.82, 2.24) is 15.3 Å². The van der Waals surface area contributed by atoms with E-state index in [9.17, 15) is 0 Å². The second kappa shape index (κ2) is 4.03. The first-order chi connectivity index (χ1) is 8.90. The third kappa shape index (κ3) is 1.62. The summed E-state index contributed by atoms with van der Waals surface area (Å²) in [6, 6.07) is 3.33. The number of anilines is 1. The molecule has 2 aromatic heterocycles. The van der Waals surface area contributed by atoms with Gasteiger partial charge < -0.3 is 10.2 Å². The highest BCUT2D eigenvalue weighted by Crippen LogP contribution is 2.29. The molecule has 2 aliphatic rings. The predicted molar refractivity (Wildman–Crippen MR) is 72.9 cm³/mol. The van der Waals surface area contributed by atoms with Crippen LogP contribution in [0.4, 0.5) is 5.82 Å². The molecule has 5 heteroatoms. The molecule has 2 saturated heterocycles. The maximum atomic E-state index is 4.76. The first-order valence-corrected chi connectivity index (χ1v) is 7.19. The minimum Gasteiger partial charge on any atom is -0.349 e. The Morgan fingerprint density at radius 1 is 1.39 bits per heavy atom. The Labute approximate surface area is 110 Å². The van der Waals surface area contributed by atoms with Crippen molar-refractivity contribution in [2.24, 2.45) is 0 Å². The monoisotopic (exact) mass is 258 g/mol. The minimum absolute atomic E-state index is 0.599. The summed E-state index contributed by atoms with van der Waals surface area (Å²) in [7, 11) is 0. The Balaban J connectivity index is 1.68. The Bertz CT molecular complexity index is 554. The first kappa shape index (κ1) is 10.5. The van der Waals surface area contributed by atoms with Crippen molar-refractivity contribution in [3.63, 3.8) is 0 Å². The molecule has 0 saturated carbocycles. The van der Waals surface area contributed by atoms with Gasteiger partial charge in [0.15, 0.2) is 0 Å². The van der Waals surface area contributed by atoms with Crippen molar-refractivity contribution in [2.45, 2.75) is 18.5 Å². The lowest BCUT2D eigenvalue weighted by Crippen LogP contribution is -2.44. The molecule has 4 heterocycles. The van der Waals surface area contributed by atoms with Crippen LogP contribution in [0.1, 0.15) is 6.42 Å². The number of fused-ring (bicyclic) bond motifs is 2. The van der Waals surface area contributed by atoms with Gasteiger partial charge in [-0.05, 0) is 17.9 Å². The number of thiophene rings is 1. The number of hydrogen-bond donors (Lipinski definition) is 1. The van der Waals surface area contributed by atoms with Crippen LogP contribution in [0.25, 0.3) is 11.3 Å². The molecule has 0 unspecified atom stereocenters. The van der Waals surface area contributed by atoms with Gasteiger partial charge in [0, 0.05) is 36.1 Å². The Morgan fingerprint density at radius 2 is 2.39 bits per heavy atom. The average Bonchev–Trinajstić information content (AvgIpc) is 3.15. The third-order valence-electron chi connectivity index (χ3n) is 3.79. The van der Waals surface area contributed by atoms with Crippen LogP contribution in [0, 0.1) is 0 Å². The highest BCUT2D eigenvalue weighted by Gasteiger charge is 2.38. The van der Waals surface area contributed by atoms with Gasteiger partial charge in [0.25, 0.3) is 0 Å². The third-order valence-corrected chi connectivity index (χ3v) is 4.47. The van der Waals surface area contributed by atoms with E-state index in [4.69, 9.17) is 4.98 Å². The van der Waals surface area contributed by atoms with Gasteiger partial charge >= 0.3 is 0 Å². The van der Waals surface area contributed by atoms with Crippen LogP contribution in [-0.4, -0.2) is 35.1 Å². The average molecular weight is 258 g/mol. The highest BCUT2D eigenvalue weighted by molar-refractivity contribution is 7.08. The van der Waals surface area contributed by atoms with E-state index in [0.717, 1.165) is 30.2 Å². The molecular formula is C13H14N4S. The quantitative estimate of drug-likeness (QED) is 0.891. The molecule has 4 rings (SSSR count). The second-order valence-corrected chi connectivity index (χ2v) is 5.70. The van der Waals surface area contributed by atoms with Gasteiger partial charge in [-0.15, -0.1) is 0 Å². The number of aromatic nitrogens is 2. The maximum Gasteiger partial charge on any atom is 0.148 e. The Hall–Kier alpha value is -1.46. The SMILES string of the molecule is c1cc(-c2cncc(N3C[C@@H]4C[C@H]3CN4)n2)cs1. The van der Waals surface area contributed by atoms with Crippen LogP contribution < -0.4 is 10.2 Å². The van der Waals surface area contributed by atoms with Crippen molar-refractivity contribution in [1.29, 1.82) is 0 Å². The van der Waals surface area contributed by atoms with E-state index in [-0.39, 0.29) is 0 Å². The van der Waals surface area contributed by atoms with Crippen molar-refractivity contribution in [3.05, 3.63) is 29.2 Å². The fraction of sp³-hybridized carbons (Fsp3) is 0.385. The van der Waals surface area contributed by atoms with Crippen LogP contribution in [0.3, 0.4) is 0 Å². The predicted octanol–water partition coefficient (Wildman–Crippen LogP) is 1.76. The van der Waals surface area contributed by atoms with E-state index in [1.807, 2.05) is 12.4 Å². The first-order valence-electron chi connectivity index (χ1n) is 6.25. The van der Waals surface area contributed by atoms with Crippen molar-refractivity contribution < 1.29 is 0 Å². The van der Waals surface area contributed by atoms with Gasteiger partial charge in [0.2, 0.25) is 0 Å². The topological polar surface area (TPSA) is 41.1 Å². The van der Waals surface area contributed by atoms with Crippen molar-refractivity contribution in [2.75, 3.05) is 18.0 Å². The number of piperazine rings is 1. The normalized spacial score (nSPS) is 25.9. The van der Waals surface area contributed by atoms with E-state index in [2.05, 4.69) is 32.0 Å². The van der Waals surface area contributed by atoms with E-state index in [0.29, 0.717) is 12.1 Å². The summed E-state index contributed by atoms with van der Waals surface area (Å²) in [4.78, 5) is 11.5. The smallest absolute Gasteiger partial charge is 0.148 e. The summed E-state index contributed by atoms with van der Waals surface area (Å²) in [5, 5.41) is 7.70. The molecule has 1 N–H and O–H groups in total. The summed E-state index contributed by atoms with van der Waals surface area (Å²) >= 11 is 1.69. The molecule has 92 valence electrons. The van der Waals surface area contributed by atoms with Crippen molar-refractivity contribution in [3.8, 4) is 11.3 Å². The number of hydrogen-bond acceptors (Lipinski definition) is 5. The van der Waals surface area contributed by atoms with Gasteiger partial charge in [0.1, 0.15) is 5.82 Å². The van der Waals surface area contributed by atoms with Crippen LogP contribution in [0.15, 0.2) is 29.2 Å². The van der Waals surface area contributed by atoms with E-state index in [1.165, 1.54) is 6.42 Å². The molecule has 2 aliphatic heterocycles. The standard InChI is InChI=1S/C13H14N4S/c1-2-18-8-9(1)12-5-14-6-13(16-12)17-7-10-3-11(17)4-15-10/h1-2,5-6,8,10-11,15H,3-4,7H2/t10-,11-/m0/s1. The molecule has 2 bridgehead atoms. The zero-order valence-corrected chi connectivity index (χ0v) is 10.7. The van der Waals surface area contributed by atoms with Crippen molar-refractivity contribution >= 4 is 17.2 Å². The molecule has 0 spiro atoms. The molecule has 0 aromatic carbocycles. The van der Waals surface area contributed by atoms with Gasteiger partial charge in [-0.1, -0.05) is 0 Å².